The minimum Gasteiger partial charge on any atom is -0.403 e. The molecule has 0 heterocycles. The first-order valence-electron chi connectivity index (χ1n) is 6.47. The average molecular weight is 292 g/mol. The van der Waals surface area contributed by atoms with Gasteiger partial charge in [-0.1, -0.05) is 6.07 Å². The zero-order valence-electron chi connectivity index (χ0n) is 11.0. The molecule has 0 amide bonds. The minimum absolute atomic E-state index is 0.163. The molecule has 1 saturated carbocycles. The first-order chi connectivity index (χ1) is 9.39. The molecule has 0 N–H and O–H groups in total. The third-order valence-electron chi connectivity index (χ3n) is 3.66. The number of hydrogen-bond donors (Lipinski definition) is 0. The van der Waals surface area contributed by atoms with Gasteiger partial charge in [0.2, 0.25) is 0 Å². The maximum Gasteiger partial charge on any atom is 0.573 e. The van der Waals surface area contributed by atoms with Crippen molar-refractivity contribution in [1.29, 1.82) is 0 Å². The van der Waals surface area contributed by atoms with Crippen LogP contribution in [0.15, 0.2) is 18.2 Å². The van der Waals surface area contributed by atoms with Crippen LogP contribution in [0.3, 0.4) is 0 Å². The van der Waals surface area contributed by atoms with Crippen LogP contribution in [-0.4, -0.2) is 19.6 Å². The Balaban J connectivity index is 2.06. The van der Waals surface area contributed by atoms with E-state index in [1.54, 1.807) is 7.11 Å². The quantitative estimate of drug-likeness (QED) is 0.769. The molecule has 1 aliphatic rings. The van der Waals surface area contributed by atoms with Gasteiger partial charge in [-0.3, -0.25) is 0 Å². The van der Waals surface area contributed by atoms with Crippen molar-refractivity contribution in [2.45, 2.75) is 44.1 Å². The molecule has 2 nitrogen and oxygen atoms in total. The number of ether oxygens (including phenoxy) is 2. The van der Waals surface area contributed by atoms with E-state index in [9.17, 15) is 17.6 Å². The molecule has 1 aromatic rings. The summed E-state index contributed by atoms with van der Waals surface area (Å²) in [7, 11) is 1.66. The van der Waals surface area contributed by atoms with Gasteiger partial charge >= 0.3 is 6.36 Å². The van der Waals surface area contributed by atoms with E-state index in [1.165, 1.54) is 6.07 Å². The Morgan fingerprint density at radius 3 is 2.25 bits per heavy atom. The van der Waals surface area contributed by atoms with Crippen molar-refractivity contribution < 1.29 is 27.0 Å². The molecular weight excluding hydrogens is 276 g/mol. The molecule has 0 aromatic heterocycles. The molecular formula is C14H16F4O2. The Morgan fingerprint density at radius 1 is 1.10 bits per heavy atom. The van der Waals surface area contributed by atoms with Gasteiger partial charge in [0.05, 0.1) is 6.10 Å². The lowest BCUT2D eigenvalue weighted by Crippen LogP contribution is -2.20. The van der Waals surface area contributed by atoms with Crippen LogP contribution in [0.5, 0.6) is 5.75 Å². The summed E-state index contributed by atoms with van der Waals surface area (Å²) in [5.74, 6) is -1.60. The van der Waals surface area contributed by atoms with Crippen LogP contribution in [-0.2, 0) is 4.74 Å². The fourth-order valence-electron chi connectivity index (χ4n) is 2.61. The van der Waals surface area contributed by atoms with Crippen LogP contribution in [0.1, 0.15) is 37.2 Å². The molecule has 1 fully saturated rings. The van der Waals surface area contributed by atoms with E-state index in [2.05, 4.69) is 4.74 Å². The first kappa shape index (κ1) is 15.1. The van der Waals surface area contributed by atoms with Crippen LogP contribution < -0.4 is 4.74 Å². The highest BCUT2D eigenvalue weighted by Crippen LogP contribution is 2.36. The van der Waals surface area contributed by atoms with Gasteiger partial charge in [0.25, 0.3) is 0 Å². The van der Waals surface area contributed by atoms with Gasteiger partial charge in [0.1, 0.15) is 0 Å². The molecule has 0 spiro atoms. The molecule has 1 aliphatic carbocycles. The van der Waals surface area contributed by atoms with Gasteiger partial charge in [-0.2, -0.15) is 0 Å². The van der Waals surface area contributed by atoms with E-state index in [-0.39, 0.29) is 12.0 Å². The third-order valence-corrected chi connectivity index (χ3v) is 3.66. The van der Waals surface area contributed by atoms with Crippen LogP contribution in [0.2, 0.25) is 0 Å². The molecule has 112 valence electrons. The normalized spacial score (nSPS) is 23.6. The second-order valence-corrected chi connectivity index (χ2v) is 4.95. The number of hydrogen-bond acceptors (Lipinski definition) is 2. The van der Waals surface area contributed by atoms with E-state index >= 15 is 0 Å². The molecule has 0 bridgehead atoms. The maximum atomic E-state index is 13.6. The lowest BCUT2D eigenvalue weighted by atomic mass is 9.82. The summed E-state index contributed by atoms with van der Waals surface area (Å²) in [6.07, 6.45) is -1.20. The average Bonchev–Trinajstić information content (AvgIpc) is 2.40. The van der Waals surface area contributed by atoms with Crippen molar-refractivity contribution in [3.05, 3.63) is 29.6 Å². The summed E-state index contributed by atoms with van der Waals surface area (Å²) < 4.78 is 58.7. The molecule has 6 heteroatoms. The van der Waals surface area contributed by atoms with E-state index < -0.39 is 17.9 Å². The molecule has 2 rings (SSSR count). The summed E-state index contributed by atoms with van der Waals surface area (Å²) in [6.45, 7) is 0. The summed E-state index contributed by atoms with van der Waals surface area (Å²) in [5, 5.41) is 0. The molecule has 1 aromatic carbocycles. The highest BCUT2D eigenvalue weighted by atomic mass is 19.4. The van der Waals surface area contributed by atoms with Crippen molar-refractivity contribution >= 4 is 0 Å². The third kappa shape index (κ3) is 3.85. The Labute approximate surface area is 114 Å². The number of benzene rings is 1. The molecule has 0 saturated heterocycles. The van der Waals surface area contributed by atoms with Crippen LogP contribution in [0.25, 0.3) is 0 Å². The van der Waals surface area contributed by atoms with E-state index in [4.69, 9.17) is 4.74 Å². The summed E-state index contributed by atoms with van der Waals surface area (Å²) in [5.41, 5.74) is 0.714. The summed E-state index contributed by atoms with van der Waals surface area (Å²) >= 11 is 0. The first-order valence-corrected chi connectivity index (χ1v) is 6.47. The van der Waals surface area contributed by atoms with Crippen LogP contribution >= 0.6 is 0 Å². The molecule has 0 radical (unpaired) electrons. The Kier molecular flexibility index (Phi) is 4.52. The predicted molar refractivity (Wildman–Crippen MR) is 65.1 cm³/mol. The van der Waals surface area contributed by atoms with Gasteiger partial charge in [0, 0.05) is 7.11 Å². The van der Waals surface area contributed by atoms with E-state index in [0.29, 0.717) is 5.56 Å². The Hall–Kier alpha value is -1.30. The van der Waals surface area contributed by atoms with Gasteiger partial charge in [-0.05, 0) is 49.3 Å². The predicted octanol–water partition coefficient (Wildman–Crippen LogP) is 4.40. The van der Waals surface area contributed by atoms with Crippen molar-refractivity contribution in [3.8, 4) is 5.75 Å². The largest absolute Gasteiger partial charge is 0.573 e. The molecule has 0 aliphatic heterocycles. The SMILES string of the molecule is COC1CCC(c2ccc(OC(F)(F)F)c(F)c2)CC1. The lowest BCUT2D eigenvalue weighted by Gasteiger charge is -2.28. The molecule has 20 heavy (non-hydrogen) atoms. The van der Waals surface area contributed by atoms with E-state index in [1.807, 2.05) is 0 Å². The molecule has 0 atom stereocenters. The smallest absolute Gasteiger partial charge is 0.403 e. The monoisotopic (exact) mass is 292 g/mol. The Morgan fingerprint density at radius 2 is 1.75 bits per heavy atom. The Bertz CT molecular complexity index is 451. The van der Waals surface area contributed by atoms with Gasteiger partial charge in [-0.25, -0.2) is 4.39 Å². The van der Waals surface area contributed by atoms with Gasteiger partial charge in [-0.15, -0.1) is 13.2 Å². The zero-order valence-corrected chi connectivity index (χ0v) is 11.0. The number of rotatable bonds is 3. The minimum atomic E-state index is -4.88. The van der Waals surface area contributed by atoms with Crippen molar-refractivity contribution in [1.82, 2.24) is 0 Å². The van der Waals surface area contributed by atoms with Gasteiger partial charge < -0.3 is 9.47 Å². The lowest BCUT2D eigenvalue weighted by molar-refractivity contribution is -0.275. The maximum absolute atomic E-state index is 13.6. The highest BCUT2D eigenvalue weighted by Gasteiger charge is 2.32. The standard InChI is InChI=1S/C14H16F4O2/c1-19-11-5-2-9(3-6-11)10-4-7-13(12(15)8-10)20-14(16,17)18/h4,7-9,11H,2-3,5-6H2,1H3. The van der Waals surface area contributed by atoms with Crippen molar-refractivity contribution in [2.75, 3.05) is 7.11 Å². The summed E-state index contributed by atoms with van der Waals surface area (Å²) in [6, 6.07) is 3.68. The van der Waals surface area contributed by atoms with Gasteiger partial charge in [0.15, 0.2) is 11.6 Å². The van der Waals surface area contributed by atoms with Crippen LogP contribution in [0, 0.1) is 5.82 Å². The topological polar surface area (TPSA) is 18.5 Å². The number of halogens is 4. The summed E-state index contributed by atoms with van der Waals surface area (Å²) in [4.78, 5) is 0. The second kappa shape index (κ2) is 5.99. The van der Waals surface area contributed by atoms with Crippen LogP contribution in [0.4, 0.5) is 17.6 Å². The number of alkyl halides is 3. The van der Waals surface area contributed by atoms with Crippen molar-refractivity contribution in [3.63, 3.8) is 0 Å². The second-order valence-electron chi connectivity index (χ2n) is 4.95. The zero-order chi connectivity index (χ0) is 14.8. The highest BCUT2D eigenvalue weighted by molar-refractivity contribution is 5.31. The van der Waals surface area contributed by atoms with Crippen molar-refractivity contribution in [2.24, 2.45) is 0 Å². The van der Waals surface area contributed by atoms with E-state index in [0.717, 1.165) is 37.8 Å². The number of methoxy groups -OCH3 is 1. The fourth-order valence-corrected chi connectivity index (χ4v) is 2.61. The molecule has 0 unspecified atom stereocenters. The fraction of sp³-hybridized carbons (Fsp3) is 0.571.